The lowest BCUT2D eigenvalue weighted by molar-refractivity contribution is -0.135. The van der Waals surface area contributed by atoms with Crippen molar-refractivity contribution in [3.63, 3.8) is 0 Å². The second-order valence-corrected chi connectivity index (χ2v) is 3.92. The number of carboxylic acid groups (broad SMARTS) is 1. The summed E-state index contributed by atoms with van der Waals surface area (Å²) in [5.41, 5.74) is 0.602. The molecule has 1 aromatic carbocycles. The molecule has 1 rings (SSSR count). The van der Waals surface area contributed by atoms with Gasteiger partial charge in [0.2, 0.25) is 0 Å². The number of hydrogen-bond acceptors (Lipinski definition) is 5. The van der Waals surface area contributed by atoms with Crippen LogP contribution in [0.1, 0.15) is 13.3 Å². The summed E-state index contributed by atoms with van der Waals surface area (Å²) in [6.07, 6.45) is 0.805. The molecule has 0 spiro atoms. The Balaban J connectivity index is 2.45. The number of ether oxygens (including phenoxy) is 2. The van der Waals surface area contributed by atoms with E-state index >= 15 is 0 Å². The van der Waals surface area contributed by atoms with E-state index in [2.05, 4.69) is 0 Å². The number of carboxylic acids is 1. The summed E-state index contributed by atoms with van der Waals surface area (Å²) in [6.45, 7) is 3.61. The van der Waals surface area contributed by atoms with Gasteiger partial charge in [-0.3, -0.25) is 9.80 Å². The first-order valence-electron chi connectivity index (χ1n) is 6.18. The van der Waals surface area contributed by atoms with Crippen LogP contribution in [0.15, 0.2) is 24.3 Å². The number of aliphatic carboxylic acids is 1. The molecule has 0 saturated heterocycles. The maximum atomic E-state index is 10.6. The van der Waals surface area contributed by atoms with E-state index in [1.54, 1.807) is 24.3 Å². The lowest BCUT2D eigenvalue weighted by atomic mass is 10.3. The average molecular weight is 268 g/mol. The summed E-state index contributed by atoms with van der Waals surface area (Å²) < 4.78 is 10.7. The van der Waals surface area contributed by atoms with Gasteiger partial charge in [0.25, 0.3) is 0 Å². The Morgan fingerprint density at radius 2 is 2.21 bits per heavy atom. The van der Waals surface area contributed by atoms with Gasteiger partial charge in [-0.05, 0) is 19.1 Å². The van der Waals surface area contributed by atoms with Crippen LogP contribution in [-0.2, 0) is 9.53 Å². The Morgan fingerprint density at radius 3 is 2.89 bits per heavy atom. The van der Waals surface area contributed by atoms with Gasteiger partial charge in [0.05, 0.1) is 12.3 Å². The monoisotopic (exact) mass is 268 g/mol. The fraction of sp³-hybridized carbons (Fsp3) is 0.462. The Labute approximate surface area is 112 Å². The molecule has 3 N–H and O–H groups in total. The van der Waals surface area contributed by atoms with Crippen molar-refractivity contribution in [2.75, 3.05) is 31.4 Å². The number of carbonyl (C=O) groups is 1. The first-order valence-corrected chi connectivity index (χ1v) is 6.18. The zero-order valence-electron chi connectivity index (χ0n) is 11.0. The van der Waals surface area contributed by atoms with Crippen LogP contribution in [0.25, 0.3) is 0 Å². The van der Waals surface area contributed by atoms with Gasteiger partial charge in [-0.15, -0.1) is 0 Å². The first-order chi connectivity index (χ1) is 9.13. The molecule has 19 heavy (non-hydrogen) atoms. The zero-order chi connectivity index (χ0) is 14.1. The van der Waals surface area contributed by atoms with E-state index in [4.69, 9.17) is 20.4 Å². The van der Waals surface area contributed by atoms with Gasteiger partial charge in [0.1, 0.15) is 12.3 Å². The number of hydrazine groups is 1. The fourth-order valence-electron chi connectivity index (χ4n) is 1.48. The maximum absolute atomic E-state index is 10.6. The van der Waals surface area contributed by atoms with Crippen LogP contribution in [0.5, 0.6) is 5.75 Å². The number of nitrogens with two attached hydrogens (primary N) is 1. The van der Waals surface area contributed by atoms with Gasteiger partial charge in [-0.25, -0.2) is 5.84 Å². The zero-order valence-corrected chi connectivity index (χ0v) is 11.0. The minimum atomic E-state index is -0.981. The Morgan fingerprint density at radius 1 is 1.42 bits per heavy atom. The minimum Gasteiger partial charge on any atom is -0.493 e. The van der Waals surface area contributed by atoms with E-state index in [-0.39, 0.29) is 6.54 Å². The van der Waals surface area contributed by atoms with Crippen LogP contribution < -0.4 is 15.6 Å². The molecule has 6 nitrogen and oxygen atoms in total. The van der Waals surface area contributed by atoms with Crippen LogP contribution in [0.4, 0.5) is 5.69 Å². The Bertz CT molecular complexity index is 398. The molecular weight excluding hydrogens is 248 g/mol. The molecular formula is C13H20N2O4. The highest BCUT2D eigenvalue weighted by molar-refractivity contribution is 5.73. The van der Waals surface area contributed by atoms with E-state index < -0.39 is 5.97 Å². The molecule has 0 saturated carbocycles. The molecule has 0 heterocycles. The molecule has 0 bridgehead atoms. The van der Waals surface area contributed by atoms with Crippen molar-refractivity contribution >= 4 is 11.7 Å². The fourth-order valence-corrected chi connectivity index (χ4v) is 1.48. The van der Waals surface area contributed by atoms with E-state index in [1.165, 1.54) is 0 Å². The SMILES string of the molecule is CCOCCCOc1cccc(N(N)CC(=O)O)c1. The summed E-state index contributed by atoms with van der Waals surface area (Å²) >= 11 is 0. The second kappa shape index (κ2) is 8.34. The number of hydrogen-bond donors (Lipinski definition) is 2. The van der Waals surface area contributed by atoms with Crippen molar-refractivity contribution in [3.05, 3.63) is 24.3 Å². The van der Waals surface area contributed by atoms with E-state index in [1.807, 2.05) is 6.92 Å². The molecule has 0 unspecified atom stereocenters. The molecule has 0 aliphatic carbocycles. The van der Waals surface area contributed by atoms with Crippen LogP contribution in [0, 0.1) is 0 Å². The maximum Gasteiger partial charge on any atom is 0.324 e. The predicted octanol–water partition coefficient (Wildman–Crippen LogP) is 1.26. The highest BCUT2D eigenvalue weighted by Gasteiger charge is 2.07. The van der Waals surface area contributed by atoms with Crippen LogP contribution in [0.3, 0.4) is 0 Å². The largest absolute Gasteiger partial charge is 0.493 e. The van der Waals surface area contributed by atoms with Crippen molar-refractivity contribution < 1.29 is 19.4 Å². The normalized spacial score (nSPS) is 10.2. The summed E-state index contributed by atoms with van der Waals surface area (Å²) in [6, 6.07) is 7.02. The predicted molar refractivity (Wildman–Crippen MR) is 72.2 cm³/mol. The standard InChI is InChI=1S/C13H20N2O4/c1-2-18-7-4-8-19-12-6-3-5-11(9-12)15(14)10-13(16)17/h3,5-6,9H,2,4,7-8,10,14H2,1H3,(H,16,17). The Hall–Kier alpha value is -1.79. The van der Waals surface area contributed by atoms with Gasteiger partial charge in [0.15, 0.2) is 0 Å². The van der Waals surface area contributed by atoms with Crippen LogP contribution >= 0.6 is 0 Å². The minimum absolute atomic E-state index is 0.256. The number of rotatable bonds is 9. The van der Waals surface area contributed by atoms with Gasteiger partial charge in [0, 0.05) is 25.7 Å². The molecule has 106 valence electrons. The average Bonchev–Trinajstić information content (AvgIpc) is 2.38. The lowest BCUT2D eigenvalue weighted by Crippen LogP contribution is -2.35. The highest BCUT2D eigenvalue weighted by Crippen LogP contribution is 2.19. The number of anilines is 1. The third kappa shape index (κ3) is 6.08. The molecule has 0 amide bonds. The van der Waals surface area contributed by atoms with Gasteiger partial charge < -0.3 is 14.6 Å². The molecule has 0 radical (unpaired) electrons. The molecule has 6 heteroatoms. The molecule has 0 aliphatic heterocycles. The second-order valence-electron chi connectivity index (χ2n) is 3.92. The third-order valence-corrected chi connectivity index (χ3v) is 2.36. The van der Waals surface area contributed by atoms with Gasteiger partial charge >= 0.3 is 5.97 Å². The lowest BCUT2D eigenvalue weighted by Gasteiger charge is -2.17. The van der Waals surface area contributed by atoms with Crippen molar-refractivity contribution in [1.29, 1.82) is 0 Å². The first kappa shape index (κ1) is 15.3. The highest BCUT2D eigenvalue weighted by atomic mass is 16.5. The van der Waals surface area contributed by atoms with Crippen LogP contribution in [0.2, 0.25) is 0 Å². The summed E-state index contributed by atoms with van der Waals surface area (Å²) in [5.74, 6) is 5.32. The van der Waals surface area contributed by atoms with E-state index in [9.17, 15) is 4.79 Å². The van der Waals surface area contributed by atoms with Gasteiger partial charge in [-0.2, -0.15) is 0 Å². The molecule has 0 aromatic heterocycles. The smallest absolute Gasteiger partial charge is 0.324 e. The molecule has 0 atom stereocenters. The van der Waals surface area contributed by atoms with E-state index in [0.717, 1.165) is 11.4 Å². The topological polar surface area (TPSA) is 85.0 Å². The Kier molecular flexibility index (Phi) is 6.70. The number of nitrogens with zero attached hydrogens (tertiary/aromatic N) is 1. The quantitative estimate of drug-likeness (QED) is 0.398. The molecule has 0 fully saturated rings. The van der Waals surface area contributed by atoms with Crippen molar-refractivity contribution in [1.82, 2.24) is 0 Å². The number of benzene rings is 1. The third-order valence-electron chi connectivity index (χ3n) is 2.36. The van der Waals surface area contributed by atoms with Gasteiger partial charge in [-0.1, -0.05) is 6.07 Å². The summed E-state index contributed by atoms with van der Waals surface area (Å²) in [4.78, 5) is 10.6. The summed E-state index contributed by atoms with van der Waals surface area (Å²) in [7, 11) is 0. The molecule has 0 aliphatic rings. The van der Waals surface area contributed by atoms with Crippen LogP contribution in [-0.4, -0.2) is 37.4 Å². The van der Waals surface area contributed by atoms with E-state index in [0.29, 0.717) is 31.3 Å². The van der Waals surface area contributed by atoms with Crippen molar-refractivity contribution in [2.45, 2.75) is 13.3 Å². The van der Waals surface area contributed by atoms with Crippen molar-refractivity contribution in [3.8, 4) is 5.75 Å². The molecule has 1 aromatic rings. The van der Waals surface area contributed by atoms with Crippen molar-refractivity contribution in [2.24, 2.45) is 5.84 Å². The summed E-state index contributed by atoms with van der Waals surface area (Å²) in [5, 5.41) is 9.83.